The number of nitrogens with one attached hydrogen (secondary N) is 1. The van der Waals surface area contributed by atoms with E-state index >= 15 is 0 Å². The van der Waals surface area contributed by atoms with Crippen molar-refractivity contribution in [3.8, 4) is 0 Å². The third-order valence-electron chi connectivity index (χ3n) is 4.99. The molecular formula is C19H24N4O. The summed E-state index contributed by atoms with van der Waals surface area (Å²) in [4.78, 5) is 23.7. The van der Waals surface area contributed by atoms with Crippen molar-refractivity contribution < 1.29 is 0 Å². The second-order valence-electron chi connectivity index (χ2n) is 7.41. The highest BCUT2D eigenvalue weighted by Crippen LogP contribution is 2.34. The highest BCUT2D eigenvalue weighted by molar-refractivity contribution is 5.91. The molecule has 1 aliphatic carbocycles. The van der Waals surface area contributed by atoms with Gasteiger partial charge in [-0.25, -0.2) is 9.97 Å². The molecule has 0 saturated heterocycles. The summed E-state index contributed by atoms with van der Waals surface area (Å²) in [5, 5.41) is 0. The minimum atomic E-state index is -0.170. The van der Waals surface area contributed by atoms with E-state index in [4.69, 9.17) is 4.98 Å². The molecule has 2 heterocycles. The molecular weight excluding hydrogens is 300 g/mol. The number of hydrogen-bond donors (Lipinski definition) is 1. The second kappa shape index (κ2) is 6.04. The molecule has 126 valence electrons. The van der Waals surface area contributed by atoms with Gasteiger partial charge in [-0.05, 0) is 30.9 Å². The Morgan fingerprint density at radius 3 is 2.75 bits per heavy atom. The Bertz CT molecular complexity index is 932. The Kier molecular flexibility index (Phi) is 3.87. The van der Waals surface area contributed by atoms with Gasteiger partial charge in [-0.1, -0.05) is 33.1 Å². The number of aromatic amines is 1. The van der Waals surface area contributed by atoms with Crippen molar-refractivity contribution >= 4 is 22.1 Å². The molecule has 1 N–H and O–H groups in total. The van der Waals surface area contributed by atoms with Gasteiger partial charge in [0, 0.05) is 12.5 Å². The van der Waals surface area contributed by atoms with E-state index in [9.17, 15) is 4.79 Å². The molecule has 0 radical (unpaired) electrons. The zero-order valence-electron chi connectivity index (χ0n) is 14.4. The Labute approximate surface area is 141 Å². The van der Waals surface area contributed by atoms with Gasteiger partial charge in [-0.2, -0.15) is 0 Å². The number of imidazole rings is 1. The van der Waals surface area contributed by atoms with Gasteiger partial charge in [0.2, 0.25) is 0 Å². The van der Waals surface area contributed by atoms with Gasteiger partial charge in [0.25, 0.3) is 5.56 Å². The maximum Gasteiger partial charge on any atom is 0.266 e. The van der Waals surface area contributed by atoms with Gasteiger partial charge < -0.3 is 9.55 Å². The van der Waals surface area contributed by atoms with Crippen LogP contribution in [0.5, 0.6) is 0 Å². The first-order valence-corrected chi connectivity index (χ1v) is 9.01. The van der Waals surface area contributed by atoms with Crippen LogP contribution in [-0.2, 0) is 6.54 Å². The van der Waals surface area contributed by atoms with E-state index in [1.54, 1.807) is 0 Å². The van der Waals surface area contributed by atoms with Crippen LogP contribution in [0.4, 0.5) is 0 Å². The molecule has 2 aromatic heterocycles. The van der Waals surface area contributed by atoms with Crippen LogP contribution in [-0.4, -0.2) is 19.5 Å². The Hall–Kier alpha value is -2.17. The molecule has 5 heteroatoms. The van der Waals surface area contributed by atoms with E-state index in [2.05, 4.69) is 34.4 Å². The predicted octanol–water partition coefficient (Wildman–Crippen LogP) is 3.98. The Morgan fingerprint density at radius 2 is 2.00 bits per heavy atom. The van der Waals surface area contributed by atoms with Crippen LogP contribution < -0.4 is 5.56 Å². The highest BCUT2D eigenvalue weighted by atomic mass is 16.1. The van der Waals surface area contributed by atoms with Crippen molar-refractivity contribution in [2.24, 2.45) is 5.92 Å². The van der Waals surface area contributed by atoms with Gasteiger partial charge in [0.15, 0.2) is 0 Å². The van der Waals surface area contributed by atoms with Crippen LogP contribution >= 0.6 is 0 Å². The number of benzene rings is 1. The summed E-state index contributed by atoms with van der Waals surface area (Å²) < 4.78 is 2.39. The average molecular weight is 324 g/mol. The van der Waals surface area contributed by atoms with Gasteiger partial charge in [0.05, 0.1) is 28.3 Å². The minimum Gasteiger partial charge on any atom is -0.327 e. The minimum absolute atomic E-state index is 0.170. The smallest absolute Gasteiger partial charge is 0.266 e. The summed E-state index contributed by atoms with van der Waals surface area (Å²) in [6.07, 6.45) is 7.75. The number of H-pyrrole nitrogens is 1. The summed E-state index contributed by atoms with van der Waals surface area (Å²) in [5.74, 6) is 2.33. The lowest BCUT2D eigenvalue weighted by Crippen LogP contribution is -2.14. The largest absolute Gasteiger partial charge is 0.327 e. The van der Waals surface area contributed by atoms with Crippen molar-refractivity contribution in [2.75, 3.05) is 0 Å². The molecule has 5 nitrogen and oxygen atoms in total. The van der Waals surface area contributed by atoms with Crippen molar-refractivity contribution in [1.82, 2.24) is 19.5 Å². The number of fused-ring (bicyclic) bond motifs is 2. The van der Waals surface area contributed by atoms with E-state index in [0.717, 1.165) is 28.6 Å². The molecule has 0 atom stereocenters. The van der Waals surface area contributed by atoms with E-state index in [1.165, 1.54) is 44.1 Å². The summed E-state index contributed by atoms with van der Waals surface area (Å²) in [6, 6.07) is 4.05. The highest BCUT2D eigenvalue weighted by Gasteiger charge is 2.23. The van der Waals surface area contributed by atoms with Crippen LogP contribution in [0.2, 0.25) is 0 Å². The SMILES string of the molecule is CC(C)Cn1c(C2CCCCC2)nc2cc3[nH]c(=O)cnc3cc21. The van der Waals surface area contributed by atoms with Crippen molar-refractivity contribution in [3.63, 3.8) is 0 Å². The number of hydrogen-bond acceptors (Lipinski definition) is 3. The number of aromatic nitrogens is 4. The zero-order chi connectivity index (χ0) is 16.7. The molecule has 1 saturated carbocycles. The maximum atomic E-state index is 11.5. The van der Waals surface area contributed by atoms with Gasteiger partial charge >= 0.3 is 0 Å². The summed E-state index contributed by atoms with van der Waals surface area (Å²) in [5.41, 5.74) is 3.52. The molecule has 0 bridgehead atoms. The average Bonchev–Trinajstić information content (AvgIpc) is 2.90. The van der Waals surface area contributed by atoms with Crippen LogP contribution in [0.15, 0.2) is 23.1 Å². The summed E-state index contributed by atoms with van der Waals surface area (Å²) >= 11 is 0. The summed E-state index contributed by atoms with van der Waals surface area (Å²) in [6.45, 7) is 5.46. The van der Waals surface area contributed by atoms with E-state index < -0.39 is 0 Å². The van der Waals surface area contributed by atoms with Crippen molar-refractivity contribution in [3.05, 3.63) is 34.5 Å². The van der Waals surface area contributed by atoms with Gasteiger partial charge in [0.1, 0.15) is 5.82 Å². The van der Waals surface area contributed by atoms with E-state index in [1.807, 2.05) is 6.07 Å². The first-order chi connectivity index (χ1) is 11.6. The van der Waals surface area contributed by atoms with Crippen LogP contribution in [0, 0.1) is 5.92 Å². The van der Waals surface area contributed by atoms with Crippen LogP contribution in [0.25, 0.3) is 22.1 Å². The molecule has 0 spiro atoms. The quantitative estimate of drug-likeness (QED) is 0.792. The number of nitrogens with zero attached hydrogens (tertiary/aromatic N) is 3. The Morgan fingerprint density at radius 1 is 1.21 bits per heavy atom. The predicted molar refractivity (Wildman–Crippen MR) is 96.3 cm³/mol. The van der Waals surface area contributed by atoms with Gasteiger partial charge in [-0.3, -0.25) is 4.79 Å². The van der Waals surface area contributed by atoms with E-state index in [0.29, 0.717) is 11.8 Å². The molecule has 4 rings (SSSR count). The van der Waals surface area contributed by atoms with Crippen molar-refractivity contribution in [1.29, 1.82) is 0 Å². The fourth-order valence-corrected chi connectivity index (χ4v) is 3.91. The third-order valence-corrected chi connectivity index (χ3v) is 4.99. The molecule has 24 heavy (non-hydrogen) atoms. The second-order valence-corrected chi connectivity index (χ2v) is 7.41. The molecule has 0 amide bonds. The fourth-order valence-electron chi connectivity index (χ4n) is 3.91. The molecule has 1 fully saturated rings. The molecule has 3 aromatic rings. The molecule has 0 aliphatic heterocycles. The first-order valence-electron chi connectivity index (χ1n) is 9.01. The van der Waals surface area contributed by atoms with Crippen molar-refractivity contribution in [2.45, 2.75) is 58.4 Å². The lowest BCUT2D eigenvalue weighted by molar-refractivity contribution is 0.406. The fraction of sp³-hybridized carbons (Fsp3) is 0.526. The normalized spacial score (nSPS) is 16.5. The standard InChI is InChI=1S/C19H24N4O/c1-12(2)11-23-17-9-14-15(21-18(24)10-20-14)8-16(17)22-19(23)13-6-4-3-5-7-13/h8-10,12-13H,3-7,11H2,1-2H3,(H,21,24). The number of rotatable bonds is 3. The maximum absolute atomic E-state index is 11.5. The Balaban J connectivity index is 1.92. The lowest BCUT2D eigenvalue weighted by Gasteiger charge is -2.23. The van der Waals surface area contributed by atoms with Gasteiger partial charge in [-0.15, -0.1) is 0 Å². The van der Waals surface area contributed by atoms with E-state index in [-0.39, 0.29) is 5.56 Å². The van der Waals surface area contributed by atoms with Crippen LogP contribution in [0.1, 0.15) is 57.7 Å². The van der Waals surface area contributed by atoms with Crippen LogP contribution in [0.3, 0.4) is 0 Å². The summed E-state index contributed by atoms with van der Waals surface area (Å²) in [7, 11) is 0. The monoisotopic (exact) mass is 324 g/mol. The molecule has 1 aliphatic rings. The topological polar surface area (TPSA) is 63.6 Å². The first kappa shape index (κ1) is 15.4. The lowest BCUT2D eigenvalue weighted by atomic mass is 9.88. The zero-order valence-corrected chi connectivity index (χ0v) is 14.4. The molecule has 0 unspecified atom stereocenters. The molecule has 1 aromatic carbocycles. The third kappa shape index (κ3) is 2.72.